The van der Waals surface area contributed by atoms with Crippen LogP contribution >= 0.6 is 11.6 Å². The summed E-state index contributed by atoms with van der Waals surface area (Å²) in [5.41, 5.74) is 0.349. The maximum atomic E-state index is 11.0. The lowest BCUT2D eigenvalue weighted by Crippen LogP contribution is -2.43. The van der Waals surface area contributed by atoms with Crippen molar-refractivity contribution in [2.75, 3.05) is 40.7 Å². The van der Waals surface area contributed by atoms with Gasteiger partial charge in [-0.3, -0.25) is 0 Å². The van der Waals surface area contributed by atoms with Crippen LogP contribution in [0.2, 0.25) is 0 Å². The van der Waals surface area contributed by atoms with E-state index in [-0.39, 0.29) is 6.61 Å². The number of aliphatic hydroxyl groups excluding tert-OH is 1. The van der Waals surface area contributed by atoms with E-state index in [4.69, 9.17) is 4.74 Å². The van der Waals surface area contributed by atoms with Gasteiger partial charge in [0.25, 0.3) is 0 Å². The summed E-state index contributed by atoms with van der Waals surface area (Å²) in [5.74, 6) is -0.453. The summed E-state index contributed by atoms with van der Waals surface area (Å²) < 4.78 is 5.44. The Labute approximate surface area is 103 Å². The Hall–Kier alpha value is -0.580. The van der Waals surface area contributed by atoms with Crippen LogP contribution in [0.15, 0.2) is 12.2 Å². The Bertz CT molecular complexity index is 224. The number of carbonyl (C=O) groups excluding carboxylic acids is 1. The van der Waals surface area contributed by atoms with Gasteiger partial charge in [-0.25, -0.2) is 4.79 Å². The normalized spacial score (nSPS) is 12.2. The highest BCUT2D eigenvalue weighted by atomic mass is 35.5. The van der Waals surface area contributed by atoms with E-state index in [1.54, 1.807) is 6.92 Å². The highest BCUT2D eigenvalue weighted by Crippen LogP contribution is 1.98. The largest absolute Gasteiger partial charge is 0.459 e. The molecule has 4 nitrogen and oxygen atoms in total. The highest BCUT2D eigenvalue weighted by Gasteiger charge is 2.17. The zero-order valence-corrected chi connectivity index (χ0v) is 11.5. The second kappa shape index (κ2) is 8.56. The van der Waals surface area contributed by atoms with Crippen molar-refractivity contribution < 1.29 is 19.1 Å². The first-order valence-corrected chi connectivity index (χ1v) is 5.67. The third-order valence-electron chi connectivity index (χ3n) is 1.51. The molecule has 0 bridgehead atoms. The predicted molar refractivity (Wildman–Crippen MR) is 66.5 cm³/mol. The third-order valence-corrected chi connectivity index (χ3v) is 1.51. The number of hydrogen-bond donors (Lipinski definition) is 1. The number of halogens is 1. The molecule has 0 aromatic carbocycles. The number of rotatable bonds is 5. The van der Waals surface area contributed by atoms with Crippen LogP contribution in [0.25, 0.3) is 0 Å². The van der Waals surface area contributed by atoms with E-state index in [1.807, 2.05) is 21.1 Å². The van der Waals surface area contributed by atoms with Crippen molar-refractivity contribution in [3.8, 4) is 0 Å². The van der Waals surface area contributed by atoms with E-state index in [9.17, 15) is 9.90 Å². The first-order valence-electron chi connectivity index (χ1n) is 4.91. The summed E-state index contributed by atoms with van der Waals surface area (Å²) >= 11 is 4.64. The standard InChI is InChI=1S/C10H20NO3.CH3Cl/c1-8(2)10(13)14-7-9(12)6-11(3,4)5;1-2/h9,12H,1,6-7H2,2-5H3;1H3/q+1;. The molecule has 0 amide bonds. The summed E-state index contributed by atoms with van der Waals surface area (Å²) in [7, 11) is 5.89. The minimum atomic E-state index is -0.627. The molecular weight excluding hydrogens is 230 g/mol. The van der Waals surface area contributed by atoms with Crippen LogP contribution in [-0.2, 0) is 9.53 Å². The van der Waals surface area contributed by atoms with Crippen LogP contribution in [0.3, 0.4) is 0 Å². The van der Waals surface area contributed by atoms with Crippen molar-refractivity contribution in [2.24, 2.45) is 0 Å². The quantitative estimate of drug-likeness (QED) is 0.344. The monoisotopic (exact) mass is 252 g/mol. The van der Waals surface area contributed by atoms with Gasteiger partial charge in [-0.15, -0.1) is 11.6 Å². The van der Waals surface area contributed by atoms with Crippen LogP contribution < -0.4 is 0 Å². The van der Waals surface area contributed by atoms with E-state index in [0.29, 0.717) is 16.6 Å². The first kappa shape index (κ1) is 17.8. The molecule has 0 radical (unpaired) electrons. The van der Waals surface area contributed by atoms with Crippen molar-refractivity contribution in [1.29, 1.82) is 0 Å². The second-order valence-electron chi connectivity index (χ2n) is 4.51. The maximum absolute atomic E-state index is 11.0. The minimum absolute atomic E-state index is 0.0290. The van der Waals surface area contributed by atoms with Crippen LogP contribution in [0.1, 0.15) is 6.92 Å². The maximum Gasteiger partial charge on any atom is 0.333 e. The number of quaternary nitrogens is 1. The second-order valence-corrected chi connectivity index (χ2v) is 4.51. The summed E-state index contributed by atoms with van der Waals surface area (Å²) in [5, 5.41) is 9.49. The molecule has 0 aliphatic heterocycles. The molecule has 1 N–H and O–H groups in total. The lowest BCUT2D eigenvalue weighted by molar-refractivity contribution is -0.873. The SMILES string of the molecule is C=C(C)C(=O)OCC(O)C[N+](C)(C)C.CCl. The average molecular weight is 253 g/mol. The molecule has 0 aliphatic carbocycles. The molecule has 0 fully saturated rings. The fraction of sp³-hybridized carbons (Fsp3) is 0.727. The zero-order valence-electron chi connectivity index (χ0n) is 10.8. The van der Waals surface area contributed by atoms with Crippen molar-refractivity contribution in [3.63, 3.8) is 0 Å². The van der Waals surface area contributed by atoms with Gasteiger partial charge in [0.05, 0.1) is 21.1 Å². The van der Waals surface area contributed by atoms with Crippen molar-refractivity contribution >= 4 is 17.6 Å². The predicted octanol–water partition coefficient (Wildman–Crippen LogP) is 1.03. The van der Waals surface area contributed by atoms with Gasteiger partial charge in [-0.1, -0.05) is 6.58 Å². The number of ether oxygens (including phenoxy) is 1. The lowest BCUT2D eigenvalue weighted by Gasteiger charge is -2.26. The van der Waals surface area contributed by atoms with Crippen LogP contribution in [0, 0.1) is 0 Å². The number of esters is 1. The molecule has 0 saturated carbocycles. The lowest BCUT2D eigenvalue weighted by atomic mass is 10.3. The van der Waals surface area contributed by atoms with Gasteiger partial charge < -0.3 is 14.3 Å². The average Bonchev–Trinajstić information content (AvgIpc) is 2.14. The van der Waals surface area contributed by atoms with Crippen LogP contribution in [-0.4, -0.2) is 62.3 Å². The highest BCUT2D eigenvalue weighted by molar-refractivity contribution is 6.15. The summed E-state index contributed by atoms with van der Waals surface area (Å²) in [6, 6.07) is 0. The van der Waals surface area contributed by atoms with E-state index < -0.39 is 12.1 Å². The molecule has 5 heteroatoms. The Balaban J connectivity index is 0. The summed E-state index contributed by atoms with van der Waals surface area (Å²) in [6.45, 7) is 5.60. The Morgan fingerprint density at radius 1 is 1.44 bits per heavy atom. The molecule has 0 aliphatic rings. The molecule has 1 atom stereocenters. The Kier molecular flexibility index (Phi) is 9.52. The molecule has 1 unspecified atom stereocenters. The van der Waals surface area contributed by atoms with Crippen molar-refractivity contribution in [1.82, 2.24) is 0 Å². The number of aliphatic hydroxyl groups is 1. The van der Waals surface area contributed by atoms with Crippen molar-refractivity contribution in [3.05, 3.63) is 12.2 Å². The Morgan fingerprint density at radius 3 is 2.19 bits per heavy atom. The molecule has 0 saturated heterocycles. The number of likely N-dealkylation sites (N-methyl/N-ethyl adjacent to an activating group) is 1. The molecule has 0 aromatic heterocycles. The number of carbonyl (C=O) groups is 1. The first-order chi connectivity index (χ1) is 7.22. The topological polar surface area (TPSA) is 46.5 Å². The molecule has 0 heterocycles. The minimum Gasteiger partial charge on any atom is -0.459 e. The number of nitrogens with zero attached hydrogens (tertiary/aromatic N) is 1. The van der Waals surface area contributed by atoms with E-state index >= 15 is 0 Å². The fourth-order valence-corrected chi connectivity index (χ4v) is 0.980. The molecular formula is C11H23ClNO3+. The van der Waals surface area contributed by atoms with E-state index in [1.165, 1.54) is 6.38 Å². The van der Waals surface area contributed by atoms with Gasteiger partial charge in [0, 0.05) is 12.0 Å². The van der Waals surface area contributed by atoms with Gasteiger partial charge in [0.1, 0.15) is 19.3 Å². The van der Waals surface area contributed by atoms with Gasteiger partial charge in [0.15, 0.2) is 0 Å². The molecule has 0 spiro atoms. The van der Waals surface area contributed by atoms with Crippen LogP contribution in [0.5, 0.6) is 0 Å². The fourth-order valence-electron chi connectivity index (χ4n) is 0.980. The third kappa shape index (κ3) is 11.5. The Morgan fingerprint density at radius 2 is 1.88 bits per heavy atom. The number of alkyl halides is 1. The smallest absolute Gasteiger partial charge is 0.333 e. The summed E-state index contributed by atoms with van der Waals surface area (Å²) in [6.07, 6.45) is 0.846. The number of hydrogen-bond acceptors (Lipinski definition) is 3. The van der Waals surface area contributed by atoms with Crippen molar-refractivity contribution in [2.45, 2.75) is 13.0 Å². The summed E-state index contributed by atoms with van der Waals surface area (Å²) in [4.78, 5) is 11.0. The molecule has 0 aromatic rings. The molecule has 0 rings (SSSR count). The van der Waals surface area contributed by atoms with Gasteiger partial charge >= 0.3 is 5.97 Å². The van der Waals surface area contributed by atoms with Gasteiger partial charge in [0.2, 0.25) is 0 Å². The van der Waals surface area contributed by atoms with Crippen LogP contribution in [0.4, 0.5) is 0 Å². The van der Waals surface area contributed by atoms with Gasteiger partial charge in [-0.2, -0.15) is 0 Å². The molecule has 96 valence electrons. The molecule has 16 heavy (non-hydrogen) atoms. The van der Waals surface area contributed by atoms with Gasteiger partial charge in [-0.05, 0) is 6.92 Å². The zero-order chi connectivity index (χ0) is 13.4. The van der Waals surface area contributed by atoms with E-state index in [0.717, 1.165) is 0 Å². The van der Waals surface area contributed by atoms with E-state index in [2.05, 4.69) is 18.2 Å².